The molecule has 2 aromatic heterocycles. The van der Waals surface area contributed by atoms with Crippen LogP contribution in [0, 0.1) is 12.8 Å². The van der Waals surface area contributed by atoms with E-state index in [1.165, 1.54) is 0 Å². The van der Waals surface area contributed by atoms with E-state index in [-0.39, 0.29) is 5.91 Å². The molecule has 1 aliphatic rings. The number of fused-ring (bicyclic) bond motifs is 1. The van der Waals surface area contributed by atoms with Gasteiger partial charge in [0.15, 0.2) is 5.65 Å². The summed E-state index contributed by atoms with van der Waals surface area (Å²) in [7, 11) is 1.75. The minimum absolute atomic E-state index is 0.245. The summed E-state index contributed by atoms with van der Waals surface area (Å²) in [6.45, 7) is 7.96. The minimum Gasteiger partial charge on any atom is -0.386 e. The number of nitrogens with zero attached hydrogens (tertiary/aromatic N) is 4. The van der Waals surface area contributed by atoms with Crippen LogP contribution in [0.25, 0.3) is 5.65 Å². The monoisotopic (exact) mass is 437 g/mol. The Hall–Kier alpha value is -2.97. The number of aromatic nitrogens is 3. The zero-order valence-electron chi connectivity index (χ0n) is 19.1. The molecule has 8 nitrogen and oxygen atoms in total. The summed E-state index contributed by atoms with van der Waals surface area (Å²) in [5.41, 5.74) is 1.88. The van der Waals surface area contributed by atoms with Gasteiger partial charge in [-0.3, -0.25) is 4.79 Å². The number of methoxy groups -OCH3 is 1. The molecule has 0 aliphatic carbocycles. The molecule has 2 N–H and O–H groups in total. The van der Waals surface area contributed by atoms with Gasteiger partial charge in [-0.25, -0.2) is 4.98 Å². The number of carbonyl (C=O) groups is 1. The van der Waals surface area contributed by atoms with E-state index in [9.17, 15) is 9.90 Å². The number of ether oxygens (including phenoxy) is 1. The highest BCUT2D eigenvalue weighted by Crippen LogP contribution is 2.27. The standard InChI is InChI=1S/C24H31N5O3/c1-16-13-21-25-20(26-23(30)18-5-7-19(8-6-18)24(2,3)31)14-22(29(21)27-16)28-11-9-17(10-12-28)15-32-4/h5-8,13-14,17,31H,9-12,15H2,1-4H3,(H,25,26,30). The first kappa shape index (κ1) is 22.2. The molecule has 4 rings (SSSR count). The number of aliphatic hydroxyl groups is 1. The zero-order chi connectivity index (χ0) is 22.9. The van der Waals surface area contributed by atoms with Gasteiger partial charge in [0.1, 0.15) is 11.6 Å². The van der Waals surface area contributed by atoms with Crippen molar-refractivity contribution in [3.8, 4) is 0 Å². The van der Waals surface area contributed by atoms with Crippen LogP contribution in [0.1, 0.15) is 48.3 Å². The lowest BCUT2D eigenvalue weighted by atomic mass is 9.97. The smallest absolute Gasteiger partial charge is 0.256 e. The van der Waals surface area contributed by atoms with Gasteiger partial charge >= 0.3 is 0 Å². The highest BCUT2D eigenvalue weighted by Gasteiger charge is 2.23. The normalized spacial score (nSPS) is 15.3. The molecule has 1 saturated heterocycles. The lowest BCUT2D eigenvalue weighted by Crippen LogP contribution is -2.36. The van der Waals surface area contributed by atoms with Crippen molar-refractivity contribution in [3.63, 3.8) is 0 Å². The molecule has 3 aromatic rings. The average Bonchev–Trinajstić information content (AvgIpc) is 3.13. The van der Waals surface area contributed by atoms with Crippen LogP contribution in [-0.2, 0) is 10.3 Å². The molecule has 1 aromatic carbocycles. The van der Waals surface area contributed by atoms with Crippen molar-refractivity contribution in [2.24, 2.45) is 5.92 Å². The molecule has 1 aliphatic heterocycles. The Kier molecular flexibility index (Phi) is 6.17. The number of aryl methyl sites for hydroxylation is 1. The summed E-state index contributed by atoms with van der Waals surface area (Å²) in [6.07, 6.45) is 2.10. The number of carbonyl (C=O) groups excluding carboxylic acids is 1. The van der Waals surface area contributed by atoms with Crippen LogP contribution in [0.2, 0.25) is 0 Å². The number of rotatable bonds is 6. The fourth-order valence-electron chi connectivity index (χ4n) is 4.14. The Morgan fingerprint density at radius 1 is 1.22 bits per heavy atom. The van der Waals surface area contributed by atoms with E-state index in [4.69, 9.17) is 4.74 Å². The van der Waals surface area contributed by atoms with E-state index in [2.05, 4.69) is 20.3 Å². The predicted octanol–water partition coefficient (Wildman–Crippen LogP) is 3.38. The first-order valence-electron chi connectivity index (χ1n) is 11.0. The molecule has 1 fully saturated rings. The van der Waals surface area contributed by atoms with Crippen molar-refractivity contribution in [2.45, 2.75) is 39.2 Å². The second-order valence-corrected chi connectivity index (χ2v) is 9.03. The third kappa shape index (κ3) is 4.76. The first-order valence-corrected chi connectivity index (χ1v) is 11.0. The molecular formula is C24H31N5O3. The van der Waals surface area contributed by atoms with E-state index < -0.39 is 5.60 Å². The predicted molar refractivity (Wildman–Crippen MR) is 124 cm³/mol. The molecule has 1 amide bonds. The van der Waals surface area contributed by atoms with Crippen molar-refractivity contribution in [1.82, 2.24) is 14.6 Å². The number of hydrogen-bond donors (Lipinski definition) is 2. The topological polar surface area (TPSA) is 92.0 Å². The largest absolute Gasteiger partial charge is 0.386 e. The van der Waals surface area contributed by atoms with Crippen molar-refractivity contribution in [3.05, 3.63) is 53.2 Å². The summed E-state index contributed by atoms with van der Waals surface area (Å²) in [5, 5.41) is 17.7. The maximum absolute atomic E-state index is 12.9. The Balaban J connectivity index is 1.57. The van der Waals surface area contributed by atoms with Crippen molar-refractivity contribution in [1.29, 1.82) is 0 Å². The van der Waals surface area contributed by atoms with E-state index in [0.717, 1.165) is 49.6 Å². The molecule has 0 saturated carbocycles. The van der Waals surface area contributed by atoms with E-state index in [0.29, 0.717) is 22.9 Å². The van der Waals surface area contributed by atoms with Gasteiger partial charge in [-0.2, -0.15) is 9.61 Å². The first-order chi connectivity index (χ1) is 15.2. The molecular weight excluding hydrogens is 406 g/mol. The third-order valence-corrected chi connectivity index (χ3v) is 5.97. The SMILES string of the molecule is COCC1CCN(c2cc(NC(=O)c3ccc(C(C)(C)O)cc3)nc3cc(C)nn23)CC1. The summed E-state index contributed by atoms with van der Waals surface area (Å²) in [4.78, 5) is 19.7. The summed E-state index contributed by atoms with van der Waals surface area (Å²) < 4.78 is 7.17. The van der Waals surface area contributed by atoms with Gasteiger partial charge in [0.2, 0.25) is 0 Å². The van der Waals surface area contributed by atoms with Gasteiger partial charge in [0, 0.05) is 44.5 Å². The number of piperidine rings is 1. The highest BCUT2D eigenvalue weighted by molar-refractivity contribution is 6.04. The average molecular weight is 438 g/mol. The number of hydrogen-bond acceptors (Lipinski definition) is 6. The van der Waals surface area contributed by atoms with Crippen LogP contribution in [0.15, 0.2) is 36.4 Å². The van der Waals surface area contributed by atoms with Gasteiger partial charge in [-0.15, -0.1) is 0 Å². The fourth-order valence-corrected chi connectivity index (χ4v) is 4.14. The van der Waals surface area contributed by atoms with Crippen LogP contribution in [0.3, 0.4) is 0 Å². The Bertz CT molecular complexity index is 1090. The summed E-state index contributed by atoms with van der Waals surface area (Å²) in [6, 6.07) is 10.8. The summed E-state index contributed by atoms with van der Waals surface area (Å²) >= 11 is 0. The minimum atomic E-state index is -0.951. The molecule has 170 valence electrons. The summed E-state index contributed by atoms with van der Waals surface area (Å²) in [5.74, 6) is 1.73. The third-order valence-electron chi connectivity index (χ3n) is 5.97. The van der Waals surface area contributed by atoms with Gasteiger partial charge in [0.25, 0.3) is 5.91 Å². The van der Waals surface area contributed by atoms with Gasteiger partial charge in [-0.1, -0.05) is 12.1 Å². The van der Waals surface area contributed by atoms with Gasteiger partial charge in [0.05, 0.1) is 11.3 Å². The van der Waals surface area contributed by atoms with E-state index in [1.807, 2.05) is 23.6 Å². The van der Waals surface area contributed by atoms with Crippen LogP contribution >= 0.6 is 0 Å². The zero-order valence-corrected chi connectivity index (χ0v) is 19.1. The fraction of sp³-hybridized carbons (Fsp3) is 0.458. The van der Waals surface area contributed by atoms with Crippen molar-refractivity contribution >= 4 is 23.2 Å². The Morgan fingerprint density at radius 2 is 1.91 bits per heavy atom. The quantitative estimate of drug-likeness (QED) is 0.614. The van der Waals surface area contributed by atoms with Crippen LogP contribution in [-0.4, -0.2) is 52.4 Å². The molecule has 0 atom stereocenters. The van der Waals surface area contributed by atoms with Crippen LogP contribution in [0.5, 0.6) is 0 Å². The lowest BCUT2D eigenvalue weighted by molar-refractivity contribution is 0.0785. The molecule has 0 bridgehead atoms. The maximum Gasteiger partial charge on any atom is 0.256 e. The van der Waals surface area contributed by atoms with Gasteiger partial charge in [-0.05, 0) is 57.2 Å². The van der Waals surface area contributed by atoms with E-state index in [1.54, 1.807) is 45.2 Å². The second kappa shape index (κ2) is 8.88. The van der Waals surface area contributed by atoms with E-state index >= 15 is 0 Å². The number of amides is 1. The lowest BCUT2D eigenvalue weighted by Gasteiger charge is -2.33. The number of anilines is 2. The molecule has 0 radical (unpaired) electrons. The highest BCUT2D eigenvalue weighted by atomic mass is 16.5. The van der Waals surface area contributed by atoms with Crippen molar-refractivity contribution < 1.29 is 14.6 Å². The molecule has 8 heteroatoms. The molecule has 0 spiro atoms. The maximum atomic E-state index is 12.9. The van der Waals surface area contributed by atoms with Crippen molar-refractivity contribution in [2.75, 3.05) is 37.0 Å². The van der Waals surface area contributed by atoms with Crippen LogP contribution < -0.4 is 10.2 Å². The number of nitrogens with one attached hydrogen (secondary N) is 1. The Labute approximate surface area is 188 Å². The van der Waals surface area contributed by atoms with Gasteiger partial charge < -0.3 is 20.1 Å². The van der Waals surface area contributed by atoms with Crippen LogP contribution in [0.4, 0.5) is 11.6 Å². The molecule has 32 heavy (non-hydrogen) atoms. The Morgan fingerprint density at radius 3 is 2.53 bits per heavy atom. The second-order valence-electron chi connectivity index (χ2n) is 9.03. The number of benzene rings is 1. The molecule has 0 unspecified atom stereocenters. The molecule has 3 heterocycles.